The minimum Gasteiger partial charge on any atom is -0.489 e. The average molecular weight is 563 g/mol. The Kier molecular flexibility index (Phi) is 11.6. The van der Waals surface area contributed by atoms with Gasteiger partial charge in [0.1, 0.15) is 12.4 Å². The zero-order valence-electron chi connectivity index (χ0n) is 19.2. The van der Waals surface area contributed by atoms with Crippen LogP contribution in [0.4, 0.5) is 10.5 Å². The summed E-state index contributed by atoms with van der Waals surface area (Å²) in [5, 5.41) is 9.63. The Morgan fingerprint density at radius 2 is 1.94 bits per heavy atom. The number of guanidine groups is 1. The van der Waals surface area contributed by atoms with Gasteiger partial charge in [0, 0.05) is 37.4 Å². The highest BCUT2D eigenvalue weighted by Gasteiger charge is 2.17. The highest BCUT2D eigenvalue weighted by molar-refractivity contribution is 14.0. The van der Waals surface area contributed by atoms with Crippen molar-refractivity contribution in [3.8, 4) is 5.75 Å². The molecule has 178 valence electrons. The molecule has 3 N–H and O–H groups in total. The van der Waals surface area contributed by atoms with Crippen molar-refractivity contribution in [2.45, 2.75) is 32.9 Å². The van der Waals surface area contributed by atoms with Gasteiger partial charge in [-0.1, -0.05) is 43.0 Å². The molecule has 2 aromatic carbocycles. The van der Waals surface area contributed by atoms with Crippen LogP contribution in [-0.2, 0) is 13.1 Å². The lowest BCUT2D eigenvalue weighted by molar-refractivity contribution is 0.222. The van der Waals surface area contributed by atoms with Crippen molar-refractivity contribution in [3.63, 3.8) is 0 Å². The smallest absolute Gasteiger partial charge is 0.321 e. The minimum absolute atomic E-state index is 0. The maximum Gasteiger partial charge on any atom is 0.321 e. The van der Waals surface area contributed by atoms with Crippen molar-refractivity contribution in [1.82, 2.24) is 15.5 Å². The number of urea groups is 1. The number of para-hydroxylation sites is 1. The third kappa shape index (κ3) is 8.60. The standard InChI is InChI=1S/C25H33N5O2.HI/c1-3-16-32-23-13-6-5-11-21(23)19-28-24(26-4-2)27-18-20-10-9-12-22(17-20)29-25(31)30-14-7-8-15-30;/h3,5-6,9-13,17H,1,4,7-8,14-16,18-19H2,2H3,(H,29,31)(H2,26,27,28);1H. The molecule has 33 heavy (non-hydrogen) atoms. The Morgan fingerprint density at radius 1 is 1.15 bits per heavy atom. The molecule has 0 aliphatic carbocycles. The summed E-state index contributed by atoms with van der Waals surface area (Å²) in [6, 6.07) is 15.7. The maximum absolute atomic E-state index is 12.3. The van der Waals surface area contributed by atoms with E-state index in [9.17, 15) is 4.79 Å². The Labute approximate surface area is 213 Å². The molecule has 0 aromatic heterocycles. The molecule has 2 amide bonds. The van der Waals surface area contributed by atoms with Crippen LogP contribution in [0.15, 0.2) is 66.2 Å². The summed E-state index contributed by atoms with van der Waals surface area (Å²) in [7, 11) is 0. The fraction of sp³-hybridized carbons (Fsp3) is 0.360. The maximum atomic E-state index is 12.3. The zero-order chi connectivity index (χ0) is 22.6. The lowest BCUT2D eigenvalue weighted by atomic mass is 10.2. The molecule has 0 unspecified atom stereocenters. The van der Waals surface area contributed by atoms with E-state index in [2.05, 4.69) is 22.5 Å². The molecule has 2 aromatic rings. The summed E-state index contributed by atoms with van der Waals surface area (Å²) >= 11 is 0. The third-order valence-electron chi connectivity index (χ3n) is 5.11. The fourth-order valence-electron chi connectivity index (χ4n) is 3.50. The largest absolute Gasteiger partial charge is 0.489 e. The lowest BCUT2D eigenvalue weighted by Crippen LogP contribution is -2.36. The number of carbonyl (C=O) groups is 1. The molecule has 7 nitrogen and oxygen atoms in total. The topological polar surface area (TPSA) is 78.0 Å². The number of aliphatic imine (C=N–C) groups is 1. The number of amides is 2. The number of carbonyl (C=O) groups excluding carboxylic acids is 1. The van der Waals surface area contributed by atoms with Crippen LogP contribution in [-0.4, -0.2) is 43.1 Å². The van der Waals surface area contributed by atoms with Crippen LogP contribution in [0.3, 0.4) is 0 Å². The van der Waals surface area contributed by atoms with Crippen LogP contribution < -0.4 is 20.7 Å². The fourth-order valence-corrected chi connectivity index (χ4v) is 3.50. The molecule has 0 spiro atoms. The molecule has 1 aliphatic rings. The van der Waals surface area contributed by atoms with Gasteiger partial charge >= 0.3 is 6.03 Å². The summed E-state index contributed by atoms with van der Waals surface area (Å²) in [5.41, 5.74) is 2.86. The minimum atomic E-state index is -0.0319. The summed E-state index contributed by atoms with van der Waals surface area (Å²) in [6.07, 6.45) is 3.89. The van der Waals surface area contributed by atoms with Crippen molar-refractivity contribution in [3.05, 3.63) is 72.3 Å². The van der Waals surface area contributed by atoms with Gasteiger partial charge in [-0.15, -0.1) is 24.0 Å². The molecule has 8 heteroatoms. The van der Waals surface area contributed by atoms with Crippen molar-refractivity contribution in [1.29, 1.82) is 0 Å². The van der Waals surface area contributed by atoms with E-state index in [1.807, 2.05) is 60.4 Å². The van der Waals surface area contributed by atoms with Gasteiger partial charge in [0.2, 0.25) is 0 Å². The summed E-state index contributed by atoms with van der Waals surface area (Å²) in [5.74, 6) is 1.55. The zero-order valence-corrected chi connectivity index (χ0v) is 21.5. The number of hydrogen-bond donors (Lipinski definition) is 3. The van der Waals surface area contributed by atoms with E-state index in [-0.39, 0.29) is 30.0 Å². The number of ether oxygens (including phenoxy) is 1. The highest BCUT2D eigenvalue weighted by atomic mass is 127. The molecule has 1 aliphatic heterocycles. The van der Waals surface area contributed by atoms with Gasteiger partial charge in [-0.25, -0.2) is 9.79 Å². The van der Waals surface area contributed by atoms with Crippen LogP contribution in [0, 0.1) is 0 Å². The van der Waals surface area contributed by atoms with E-state index in [4.69, 9.17) is 9.73 Å². The molecule has 0 atom stereocenters. The number of likely N-dealkylation sites (tertiary alicyclic amines) is 1. The Hall–Kier alpha value is -2.75. The summed E-state index contributed by atoms with van der Waals surface area (Å²) in [6.45, 7) is 9.71. The Bertz CT molecular complexity index is 929. The summed E-state index contributed by atoms with van der Waals surface area (Å²) < 4.78 is 5.73. The van der Waals surface area contributed by atoms with Gasteiger partial charge in [-0.05, 0) is 43.5 Å². The van der Waals surface area contributed by atoms with Crippen molar-refractivity contribution in [2.75, 3.05) is 31.6 Å². The van der Waals surface area contributed by atoms with Gasteiger partial charge in [0.15, 0.2) is 5.96 Å². The van der Waals surface area contributed by atoms with Crippen molar-refractivity contribution < 1.29 is 9.53 Å². The van der Waals surface area contributed by atoms with E-state index in [0.717, 1.165) is 61.0 Å². The van der Waals surface area contributed by atoms with Gasteiger partial charge in [0.05, 0.1) is 6.54 Å². The molecular weight excluding hydrogens is 529 g/mol. The molecule has 1 heterocycles. The van der Waals surface area contributed by atoms with Gasteiger partial charge in [-0.2, -0.15) is 0 Å². The van der Waals surface area contributed by atoms with Crippen LogP contribution in [0.2, 0.25) is 0 Å². The number of nitrogens with one attached hydrogen (secondary N) is 3. The molecule has 1 saturated heterocycles. The molecule has 3 rings (SSSR count). The van der Waals surface area contributed by atoms with Crippen LogP contribution in [0.1, 0.15) is 30.9 Å². The Balaban J connectivity index is 0.00000385. The second-order valence-corrected chi connectivity index (χ2v) is 7.58. The number of halogens is 1. The van der Waals surface area contributed by atoms with Gasteiger partial charge in [0.25, 0.3) is 0 Å². The first-order chi connectivity index (χ1) is 15.7. The number of benzene rings is 2. The SMILES string of the molecule is C=CCOc1ccccc1CNC(=NCc1cccc(NC(=O)N2CCCC2)c1)NCC.I. The number of anilines is 1. The van der Waals surface area contributed by atoms with E-state index in [1.165, 1.54) is 0 Å². The molecule has 0 radical (unpaired) electrons. The normalized spacial score (nSPS) is 13.1. The van der Waals surface area contributed by atoms with Crippen LogP contribution in [0.25, 0.3) is 0 Å². The van der Waals surface area contributed by atoms with E-state index >= 15 is 0 Å². The van der Waals surface area contributed by atoms with Crippen molar-refractivity contribution in [2.24, 2.45) is 4.99 Å². The number of rotatable bonds is 9. The van der Waals surface area contributed by atoms with Gasteiger partial charge < -0.3 is 25.6 Å². The number of nitrogens with zero attached hydrogens (tertiary/aromatic N) is 2. The first-order valence-electron chi connectivity index (χ1n) is 11.2. The van der Waals surface area contributed by atoms with Crippen molar-refractivity contribution >= 4 is 41.7 Å². The monoisotopic (exact) mass is 563 g/mol. The van der Waals surface area contributed by atoms with E-state index in [1.54, 1.807) is 6.08 Å². The first-order valence-corrected chi connectivity index (χ1v) is 11.2. The molecular formula is C25H34IN5O2. The molecule has 0 bridgehead atoms. The second-order valence-electron chi connectivity index (χ2n) is 7.58. The Morgan fingerprint density at radius 3 is 2.70 bits per heavy atom. The molecule has 1 fully saturated rings. The number of hydrogen-bond acceptors (Lipinski definition) is 3. The molecule has 0 saturated carbocycles. The van der Waals surface area contributed by atoms with E-state index < -0.39 is 0 Å². The predicted octanol–water partition coefficient (Wildman–Crippen LogP) is 4.75. The third-order valence-corrected chi connectivity index (χ3v) is 5.11. The van der Waals surface area contributed by atoms with Crippen LogP contribution >= 0.6 is 24.0 Å². The lowest BCUT2D eigenvalue weighted by Gasteiger charge is -2.16. The highest BCUT2D eigenvalue weighted by Crippen LogP contribution is 2.18. The summed E-state index contributed by atoms with van der Waals surface area (Å²) in [4.78, 5) is 18.9. The second kappa shape index (κ2) is 14.4. The predicted molar refractivity (Wildman–Crippen MR) is 145 cm³/mol. The first kappa shape index (κ1) is 26.5. The van der Waals surface area contributed by atoms with E-state index in [0.29, 0.717) is 19.7 Å². The quantitative estimate of drug-likeness (QED) is 0.178. The van der Waals surface area contributed by atoms with Crippen LogP contribution in [0.5, 0.6) is 5.75 Å². The average Bonchev–Trinajstić information content (AvgIpc) is 3.35. The van der Waals surface area contributed by atoms with Gasteiger partial charge in [-0.3, -0.25) is 0 Å².